The van der Waals surface area contributed by atoms with Crippen LogP contribution in [0.15, 0.2) is 59.5 Å². The number of carbonyl (C=O) groups is 1. The van der Waals surface area contributed by atoms with Gasteiger partial charge in [0.1, 0.15) is 5.82 Å². The smallest absolute Gasteiger partial charge is 0.223 e. The molecule has 8 heteroatoms. The standard InChI is InChI=1S/C25H30FN3O3S/c1-19-10-12-23(13-11-19)33(31,32)16-14-25(30)29(2)15-5-3-4-9-22-18-24(28-27-22)20-7-6-8-21(26)17-20/h6-8,10-13,17-18H,3-5,9,14-16H2,1-2H3,(H,27,28). The van der Waals surface area contributed by atoms with E-state index < -0.39 is 9.84 Å². The Bertz CT molecular complexity index is 1170. The van der Waals surface area contributed by atoms with Gasteiger partial charge in [-0.05, 0) is 56.5 Å². The monoisotopic (exact) mass is 471 g/mol. The average Bonchev–Trinajstić information content (AvgIpc) is 3.26. The van der Waals surface area contributed by atoms with Crippen LogP contribution in [-0.2, 0) is 21.1 Å². The number of benzene rings is 2. The number of rotatable bonds is 11. The molecule has 33 heavy (non-hydrogen) atoms. The van der Waals surface area contributed by atoms with E-state index >= 15 is 0 Å². The molecular formula is C25H30FN3O3S. The number of aromatic amines is 1. The van der Waals surface area contributed by atoms with Crippen LogP contribution in [0.2, 0.25) is 0 Å². The molecule has 1 aromatic heterocycles. The summed E-state index contributed by atoms with van der Waals surface area (Å²) in [5.41, 5.74) is 3.43. The maximum atomic E-state index is 13.4. The number of amides is 1. The van der Waals surface area contributed by atoms with E-state index in [1.54, 1.807) is 42.3 Å². The van der Waals surface area contributed by atoms with Crippen molar-refractivity contribution < 1.29 is 17.6 Å². The summed E-state index contributed by atoms with van der Waals surface area (Å²) in [4.78, 5) is 14.2. The third kappa shape index (κ3) is 7.25. The number of H-pyrrole nitrogens is 1. The first-order valence-corrected chi connectivity index (χ1v) is 12.7. The first kappa shape index (κ1) is 24.6. The van der Waals surface area contributed by atoms with Gasteiger partial charge >= 0.3 is 0 Å². The van der Waals surface area contributed by atoms with Crippen molar-refractivity contribution in [3.8, 4) is 11.3 Å². The molecule has 3 aromatic rings. The lowest BCUT2D eigenvalue weighted by atomic mass is 10.1. The number of hydrogen-bond donors (Lipinski definition) is 1. The van der Waals surface area contributed by atoms with Crippen molar-refractivity contribution in [2.24, 2.45) is 0 Å². The van der Waals surface area contributed by atoms with Crippen LogP contribution in [0.3, 0.4) is 0 Å². The van der Waals surface area contributed by atoms with E-state index in [2.05, 4.69) is 10.2 Å². The van der Waals surface area contributed by atoms with Crippen molar-refractivity contribution in [3.63, 3.8) is 0 Å². The summed E-state index contributed by atoms with van der Waals surface area (Å²) in [5, 5.41) is 7.25. The van der Waals surface area contributed by atoms with Crippen LogP contribution in [0.4, 0.5) is 4.39 Å². The lowest BCUT2D eigenvalue weighted by molar-refractivity contribution is -0.129. The fourth-order valence-electron chi connectivity index (χ4n) is 3.53. The number of nitrogens with one attached hydrogen (secondary N) is 1. The summed E-state index contributed by atoms with van der Waals surface area (Å²) >= 11 is 0. The number of carbonyl (C=O) groups excluding carboxylic acids is 1. The number of unbranched alkanes of at least 4 members (excludes halogenated alkanes) is 2. The highest BCUT2D eigenvalue weighted by Crippen LogP contribution is 2.19. The quantitative estimate of drug-likeness (QED) is 0.416. The number of halogens is 1. The van der Waals surface area contributed by atoms with Crippen molar-refractivity contribution in [3.05, 3.63) is 71.7 Å². The second-order valence-corrected chi connectivity index (χ2v) is 10.4. The van der Waals surface area contributed by atoms with Crippen LogP contribution in [0.1, 0.15) is 36.9 Å². The van der Waals surface area contributed by atoms with Crippen molar-refractivity contribution in [2.75, 3.05) is 19.3 Å². The molecule has 3 rings (SSSR count). The number of aryl methyl sites for hydroxylation is 2. The van der Waals surface area contributed by atoms with Gasteiger partial charge in [0.15, 0.2) is 9.84 Å². The summed E-state index contributed by atoms with van der Waals surface area (Å²) in [5.74, 6) is -0.644. The van der Waals surface area contributed by atoms with E-state index in [4.69, 9.17) is 0 Å². The number of aromatic nitrogens is 2. The molecule has 1 N–H and O–H groups in total. The predicted molar refractivity (Wildman–Crippen MR) is 127 cm³/mol. The van der Waals surface area contributed by atoms with E-state index in [9.17, 15) is 17.6 Å². The number of nitrogens with zero attached hydrogens (tertiary/aromatic N) is 2. The maximum Gasteiger partial charge on any atom is 0.223 e. The van der Waals surface area contributed by atoms with Gasteiger partial charge in [0.05, 0.1) is 16.3 Å². The Morgan fingerprint density at radius 2 is 1.82 bits per heavy atom. The van der Waals surface area contributed by atoms with Crippen LogP contribution in [-0.4, -0.2) is 48.8 Å². The molecule has 0 saturated carbocycles. The lowest BCUT2D eigenvalue weighted by Gasteiger charge is -2.17. The average molecular weight is 472 g/mol. The minimum absolute atomic E-state index is 0.0241. The molecule has 1 heterocycles. The van der Waals surface area contributed by atoms with Gasteiger partial charge in [-0.2, -0.15) is 5.10 Å². The van der Waals surface area contributed by atoms with Crippen molar-refractivity contribution >= 4 is 15.7 Å². The van der Waals surface area contributed by atoms with Gasteiger partial charge in [0.2, 0.25) is 5.91 Å². The molecule has 0 fully saturated rings. The molecule has 0 spiro atoms. The summed E-state index contributed by atoms with van der Waals surface area (Å²) < 4.78 is 38.2. The van der Waals surface area contributed by atoms with Crippen molar-refractivity contribution in [2.45, 2.75) is 43.9 Å². The zero-order valence-corrected chi connectivity index (χ0v) is 19.9. The van der Waals surface area contributed by atoms with Gasteiger partial charge in [-0.15, -0.1) is 0 Å². The van der Waals surface area contributed by atoms with Crippen molar-refractivity contribution in [1.29, 1.82) is 0 Å². The molecule has 0 bridgehead atoms. The predicted octanol–water partition coefficient (Wildman–Crippen LogP) is 4.56. The topological polar surface area (TPSA) is 83.1 Å². The first-order chi connectivity index (χ1) is 15.7. The SMILES string of the molecule is Cc1ccc(S(=O)(=O)CCC(=O)N(C)CCCCCc2cc(-c3cccc(F)c3)n[nH]2)cc1. The van der Waals surface area contributed by atoms with Gasteiger partial charge in [-0.1, -0.05) is 36.2 Å². The second-order valence-electron chi connectivity index (χ2n) is 8.30. The third-order valence-corrected chi connectivity index (χ3v) is 7.31. The zero-order valence-electron chi connectivity index (χ0n) is 19.1. The molecule has 6 nitrogen and oxygen atoms in total. The molecule has 2 aromatic carbocycles. The Morgan fingerprint density at radius 3 is 2.55 bits per heavy atom. The Hall–Kier alpha value is -3.00. The van der Waals surface area contributed by atoms with Crippen LogP contribution in [0.5, 0.6) is 0 Å². The fraction of sp³-hybridized carbons (Fsp3) is 0.360. The highest BCUT2D eigenvalue weighted by molar-refractivity contribution is 7.91. The highest BCUT2D eigenvalue weighted by Gasteiger charge is 2.18. The Kier molecular flexibility index (Phi) is 8.38. The van der Waals surface area contributed by atoms with E-state index in [1.165, 1.54) is 12.1 Å². The van der Waals surface area contributed by atoms with Gasteiger partial charge in [0.25, 0.3) is 0 Å². The molecular weight excluding hydrogens is 441 g/mol. The number of hydrogen-bond acceptors (Lipinski definition) is 4. The van der Waals surface area contributed by atoms with Crippen molar-refractivity contribution in [1.82, 2.24) is 15.1 Å². The molecule has 1 amide bonds. The van der Waals surface area contributed by atoms with E-state index in [0.717, 1.165) is 48.2 Å². The maximum absolute atomic E-state index is 13.4. The van der Waals surface area contributed by atoms with E-state index in [1.807, 2.05) is 19.1 Å². The number of sulfone groups is 1. The molecule has 176 valence electrons. The Balaban J connectivity index is 1.36. The Labute approximate surface area is 194 Å². The largest absolute Gasteiger partial charge is 0.346 e. The van der Waals surface area contributed by atoms with E-state index in [0.29, 0.717) is 6.54 Å². The van der Waals surface area contributed by atoms with Gasteiger partial charge < -0.3 is 4.90 Å². The summed E-state index contributed by atoms with van der Waals surface area (Å²) in [7, 11) is -1.75. The van der Waals surface area contributed by atoms with Gasteiger partial charge in [-0.3, -0.25) is 9.89 Å². The van der Waals surface area contributed by atoms with Crippen LogP contribution < -0.4 is 0 Å². The van der Waals surface area contributed by atoms with Gasteiger partial charge in [-0.25, -0.2) is 12.8 Å². The molecule has 0 aliphatic carbocycles. The second kappa shape index (κ2) is 11.2. The summed E-state index contributed by atoms with van der Waals surface area (Å²) in [6.07, 6.45) is 3.47. The minimum Gasteiger partial charge on any atom is -0.346 e. The minimum atomic E-state index is -3.46. The summed E-state index contributed by atoms with van der Waals surface area (Å²) in [6, 6.07) is 15.0. The van der Waals surface area contributed by atoms with E-state index in [-0.39, 0.29) is 28.8 Å². The lowest BCUT2D eigenvalue weighted by Crippen LogP contribution is -2.29. The molecule has 0 saturated heterocycles. The van der Waals surface area contributed by atoms with Crippen LogP contribution in [0, 0.1) is 12.7 Å². The van der Waals surface area contributed by atoms with Gasteiger partial charge in [0, 0.05) is 31.3 Å². The highest BCUT2D eigenvalue weighted by atomic mass is 32.2. The van der Waals surface area contributed by atoms with Crippen LogP contribution >= 0.6 is 0 Å². The molecule has 0 aliphatic rings. The Morgan fingerprint density at radius 1 is 1.06 bits per heavy atom. The molecule has 0 radical (unpaired) electrons. The molecule has 0 aliphatic heterocycles. The summed E-state index contributed by atoms with van der Waals surface area (Å²) in [6.45, 7) is 2.48. The van der Waals surface area contributed by atoms with Crippen LogP contribution in [0.25, 0.3) is 11.3 Å². The molecule has 0 atom stereocenters. The molecule has 0 unspecified atom stereocenters. The zero-order chi connectivity index (χ0) is 23.8. The normalized spacial score (nSPS) is 11.5. The first-order valence-electron chi connectivity index (χ1n) is 11.1. The third-order valence-electron chi connectivity index (χ3n) is 5.58. The fourth-order valence-corrected chi connectivity index (χ4v) is 4.76.